The first-order valence-electron chi connectivity index (χ1n) is 10.7. The lowest BCUT2D eigenvalue weighted by atomic mass is 10.0. The standard InChI is InChI=1S/C23H24N6O4S2/c1-12(21(24)30)10-29-11-26-19-6-5-16(7-18(19)22(29)31)17-8-20(13(2)25-9-17)28-35(32,33)23-14(3)27-15(4)34-23/h5-9,11-12,28H,10H2,1-4H3,(H2,24,30)/t12-/m1/s1. The fourth-order valence-corrected chi connectivity index (χ4v) is 6.19. The van der Waals surface area contributed by atoms with Gasteiger partial charge in [-0.05, 0) is 44.5 Å². The number of anilines is 1. The monoisotopic (exact) mass is 512 g/mol. The number of nitrogens with one attached hydrogen (secondary N) is 1. The van der Waals surface area contributed by atoms with Crippen LogP contribution >= 0.6 is 11.3 Å². The van der Waals surface area contributed by atoms with Crippen molar-refractivity contribution in [2.24, 2.45) is 11.7 Å². The Morgan fingerprint density at radius 2 is 1.89 bits per heavy atom. The van der Waals surface area contributed by atoms with Crippen LogP contribution in [0.1, 0.15) is 23.3 Å². The van der Waals surface area contributed by atoms with Crippen LogP contribution in [0.2, 0.25) is 0 Å². The highest BCUT2D eigenvalue weighted by Crippen LogP contribution is 2.29. The number of amides is 1. The Morgan fingerprint density at radius 3 is 2.54 bits per heavy atom. The Morgan fingerprint density at radius 1 is 1.14 bits per heavy atom. The van der Waals surface area contributed by atoms with E-state index in [0.29, 0.717) is 44.1 Å². The Labute approximate surface area is 205 Å². The summed E-state index contributed by atoms with van der Waals surface area (Å²) in [5, 5.41) is 1.02. The van der Waals surface area contributed by atoms with Gasteiger partial charge in [-0.15, -0.1) is 11.3 Å². The van der Waals surface area contributed by atoms with E-state index in [0.717, 1.165) is 11.3 Å². The van der Waals surface area contributed by atoms with Crippen molar-refractivity contribution in [3.63, 3.8) is 0 Å². The number of aryl methyl sites for hydroxylation is 3. The summed E-state index contributed by atoms with van der Waals surface area (Å²) in [6.45, 7) is 6.87. The molecule has 10 nitrogen and oxygen atoms in total. The molecule has 0 radical (unpaired) electrons. The van der Waals surface area contributed by atoms with Crippen LogP contribution in [0.4, 0.5) is 5.69 Å². The summed E-state index contributed by atoms with van der Waals surface area (Å²) in [5.41, 5.74) is 8.07. The average molecular weight is 513 g/mol. The van der Waals surface area contributed by atoms with Crippen molar-refractivity contribution in [1.82, 2.24) is 19.5 Å². The number of carbonyl (C=O) groups is 1. The number of hydrogen-bond acceptors (Lipinski definition) is 8. The van der Waals surface area contributed by atoms with E-state index in [2.05, 4.69) is 19.7 Å². The highest BCUT2D eigenvalue weighted by atomic mass is 32.2. The molecule has 0 saturated heterocycles. The van der Waals surface area contributed by atoms with E-state index in [1.54, 1.807) is 58.2 Å². The summed E-state index contributed by atoms with van der Waals surface area (Å²) < 4.78 is 30.1. The predicted molar refractivity (Wildman–Crippen MR) is 135 cm³/mol. The van der Waals surface area contributed by atoms with Crippen molar-refractivity contribution in [1.29, 1.82) is 0 Å². The van der Waals surface area contributed by atoms with Gasteiger partial charge < -0.3 is 5.73 Å². The number of nitrogens with zero attached hydrogens (tertiary/aromatic N) is 4. The highest BCUT2D eigenvalue weighted by molar-refractivity contribution is 7.94. The molecule has 4 rings (SSSR count). The minimum absolute atomic E-state index is 0.121. The molecular formula is C23H24N6O4S2. The Bertz CT molecular complexity index is 1630. The van der Waals surface area contributed by atoms with Crippen LogP contribution in [0, 0.1) is 26.7 Å². The number of hydrogen-bond donors (Lipinski definition) is 2. The number of pyridine rings is 1. The van der Waals surface area contributed by atoms with Gasteiger partial charge in [-0.25, -0.2) is 18.4 Å². The normalized spacial score (nSPS) is 12.6. The second-order valence-corrected chi connectivity index (χ2v) is 11.4. The number of carbonyl (C=O) groups excluding carboxylic acids is 1. The van der Waals surface area contributed by atoms with Gasteiger partial charge in [0.05, 0.1) is 45.2 Å². The molecule has 0 fully saturated rings. The minimum atomic E-state index is -3.85. The number of nitrogens with two attached hydrogens (primary N) is 1. The maximum absolute atomic E-state index is 13.0. The lowest BCUT2D eigenvalue weighted by Crippen LogP contribution is -2.30. The van der Waals surface area contributed by atoms with Gasteiger partial charge in [-0.1, -0.05) is 13.0 Å². The van der Waals surface area contributed by atoms with Crippen molar-refractivity contribution in [3.8, 4) is 11.1 Å². The zero-order valence-corrected chi connectivity index (χ0v) is 21.2. The van der Waals surface area contributed by atoms with Crippen molar-refractivity contribution < 1.29 is 13.2 Å². The van der Waals surface area contributed by atoms with E-state index in [-0.39, 0.29) is 16.3 Å². The van der Waals surface area contributed by atoms with Gasteiger partial charge in [-0.3, -0.25) is 23.9 Å². The first kappa shape index (κ1) is 24.5. The van der Waals surface area contributed by atoms with Gasteiger partial charge >= 0.3 is 0 Å². The van der Waals surface area contributed by atoms with E-state index < -0.39 is 21.8 Å². The molecule has 1 atom stereocenters. The molecule has 12 heteroatoms. The zero-order valence-electron chi connectivity index (χ0n) is 19.6. The molecule has 1 amide bonds. The van der Waals surface area contributed by atoms with E-state index in [1.807, 2.05) is 0 Å². The maximum atomic E-state index is 13.0. The topological polar surface area (TPSA) is 150 Å². The summed E-state index contributed by atoms with van der Waals surface area (Å²) in [6, 6.07) is 6.85. The number of fused-ring (bicyclic) bond motifs is 1. The fourth-order valence-electron chi connectivity index (χ4n) is 3.60. The lowest BCUT2D eigenvalue weighted by Gasteiger charge is -2.12. The number of benzene rings is 1. The fraction of sp³-hybridized carbons (Fsp3) is 0.261. The molecule has 0 bridgehead atoms. The summed E-state index contributed by atoms with van der Waals surface area (Å²) in [5.74, 6) is -1.03. The van der Waals surface area contributed by atoms with Gasteiger partial charge in [-0.2, -0.15) is 0 Å². The summed E-state index contributed by atoms with van der Waals surface area (Å²) in [7, 11) is -3.85. The van der Waals surface area contributed by atoms with Crippen LogP contribution in [0.25, 0.3) is 22.0 Å². The van der Waals surface area contributed by atoms with E-state index in [4.69, 9.17) is 5.73 Å². The molecule has 182 valence electrons. The molecular weight excluding hydrogens is 488 g/mol. The lowest BCUT2D eigenvalue weighted by molar-refractivity contribution is -0.121. The smallest absolute Gasteiger partial charge is 0.273 e. The van der Waals surface area contributed by atoms with Crippen LogP contribution < -0.4 is 16.0 Å². The largest absolute Gasteiger partial charge is 0.369 e. The maximum Gasteiger partial charge on any atom is 0.273 e. The van der Waals surface area contributed by atoms with Crippen molar-refractivity contribution in [3.05, 3.63) is 63.5 Å². The number of thiazole rings is 1. The van der Waals surface area contributed by atoms with Crippen LogP contribution in [-0.2, 0) is 21.4 Å². The summed E-state index contributed by atoms with van der Waals surface area (Å²) in [4.78, 5) is 37.3. The third-order valence-corrected chi connectivity index (χ3v) is 8.60. The van der Waals surface area contributed by atoms with E-state index in [9.17, 15) is 18.0 Å². The molecule has 0 aliphatic rings. The Hall–Kier alpha value is -3.64. The van der Waals surface area contributed by atoms with Gasteiger partial charge in [0.25, 0.3) is 15.6 Å². The predicted octanol–water partition coefficient (Wildman–Crippen LogP) is 2.76. The van der Waals surface area contributed by atoms with Crippen LogP contribution in [0.3, 0.4) is 0 Å². The van der Waals surface area contributed by atoms with Crippen molar-refractivity contribution >= 4 is 43.9 Å². The van der Waals surface area contributed by atoms with Gasteiger partial charge in [0, 0.05) is 18.3 Å². The van der Waals surface area contributed by atoms with Crippen molar-refractivity contribution in [2.75, 3.05) is 4.72 Å². The Kier molecular flexibility index (Phi) is 6.43. The first-order valence-corrected chi connectivity index (χ1v) is 13.0. The average Bonchev–Trinajstić information content (AvgIpc) is 3.15. The molecule has 0 aliphatic heterocycles. The second-order valence-electron chi connectivity index (χ2n) is 8.31. The summed E-state index contributed by atoms with van der Waals surface area (Å²) in [6.07, 6.45) is 3.01. The highest BCUT2D eigenvalue weighted by Gasteiger charge is 2.22. The molecule has 0 saturated carbocycles. The quantitative estimate of drug-likeness (QED) is 0.386. The molecule has 0 unspecified atom stereocenters. The number of primary amides is 1. The number of sulfonamides is 1. The number of rotatable bonds is 7. The van der Waals surface area contributed by atoms with Crippen LogP contribution in [0.15, 0.2) is 45.8 Å². The summed E-state index contributed by atoms with van der Waals surface area (Å²) >= 11 is 1.10. The zero-order chi connectivity index (χ0) is 25.5. The Balaban J connectivity index is 1.73. The molecule has 3 N–H and O–H groups in total. The minimum Gasteiger partial charge on any atom is -0.369 e. The van der Waals surface area contributed by atoms with Crippen molar-refractivity contribution in [2.45, 2.75) is 38.4 Å². The van der Waals surface area contributed by atoms with Gasteiger partial charge in [0.1, 0.15) is 0 Å². The molecule has 0 spiro atoms. The SMILES string of the molecule is Cc1nc(C)c(S(=O)(=O)Nc2cc(-c3ccc4ncn(C[C@@H](C)C(N)=O)c(=O)c4c3)cnc2C)s1. The van der Waals surface area contributed by atoms with Gasteiger partial charge in [0.15, 0.2) is 4.21 Å². The van der Waals surface area contributed by atoms with E-state index in [1.165, 1.54) is 10.9 Å². The molecule has 35 heavy (non-hydrogen) atoms. The molecule has 3 aromatic heterocycles. The van der Waals surface area contributed by atoms with Crippen LogP contribution in [-0.4, -0.2) is 33.8 Å². The van der Waals surface area contributed by atoms with E-state index >= 15 is 0 Å². The number of aromatic nitrogens is 4. The van der Waals surface area contributed by atoms with Gasteiger partial charge in [0.2, 0.25) is 5.91 Å². The second kappa shape index (κ2) is 9.19. The molecule has 1 aromatic carbocycles. The first-order chi connectivity index (χ1) is 16.5. The third kappa shape index (κ3) is 4.93. The third-order valence-electron chi connectivity index (χ3n) is 5.55. The molecule has 3 heterocycles. The molecule has 0 aliphatic carbocycles. The van der Waals surface area contributed by atoms with Crippen LogP contribution in [0.5, 0.6) is 0 Å². The molecule has 4 aromatic rings.